The van der Waals surface area contributed by atoms with Crippen molar-refractivity contribution in [2.45, 2.75) is 13.1 Å². The highest BCUT2D eigenvalue weighted by atomic mass is 79.9. The van der Waals surface area contributed by atoms with E-state index in [0.29, 0.717) is 10.5 Å². The number of rotatable bonds is 4. The minimum absolute atomic E-state index is 0.00979. The van der Waals surface area contributed by atoms with Crippen LogP contribution in [-0.4, -0.2) is 36.8 Å². The smallest absolute Gasteiger partial charge is 0.303 e. The van der Waals surface area contributed by atoms with E-state index in [2.05, 4.69) is 21.0 Å². The van der Waals surface area contributed by atoms with E-state index < -0.39 is 17.5 Å². The van der Waals surface area contributed by atoms with Gasteiger partial charge < -0.3 is 5.01 Å². The van der Waals surface area contributed by atoms with Gasteiger partial charge in [-0.25, -0.2) is 0 Å². The zero-order chi connectivity index (χ0) is 15.5. The third kappa shape index (κ3) is 4.45. The normalized spacial score (nSPS) is 13.6. The summed E-state index contributed by atoms with van der Waals surface area (Å²) < 4.78 is 39.5. The summed E-state index contributed by atoms with van der Waals surface area (Å²) in [5.74, 6) is -0.772. The van der Waals surface area contributed by atoms with E-state index in [1.54, 1.807) is 14.1 Å². The number of ketones is 1. The topological polar surface area (TPSA) is 32.7 Å². The maximum atomic E-state index is 13.1. The lowest BCUT2D eigenvalue weighted by molar-refractivity contribution is -0.109. The minimum atomic E-state index is -4.61. The zero-order valence-electron chi connectivity index (χ0n) is 11.0. The molecule has 20 heavy (non-hydrogen) atoms. The molecule has 0 aromatic carbocycles. The predicted octanol–water partition coefficient (Wildman–Crippen LogP) is 3.96. The van der Waals surface area contributed by atoms with Gasteiger partial charge >= 0.3 is 6.18 Å². The molecule has 3 nitrogen and oxygen atoms in total. The molecule has 0 aliphatic carbocycles. The number of alkyl halides is 3. The van der Waals surface area contributed by atoms with Crippen molar-refractivity contribution < 1.29 is 18.0 Å². The molecule has 0 bridgehead atoms. The van der Waals surface area contributed by atoms with E-state index >= 15 is 0 Å². The minimum Gasteiger partial charge on any atom is -0.303 e. The molecule has 0 atom stereocenters. The summed E-state index contributed by atoms with van der Waals surface area (Å²) in [4.78, 5) is 11.8. The summed E-state index contributed by atoms with van der Waals surface area (Å²) >= 11 is 3.96. The van der Waals surface area contributed by atoms with Crippen LogP contribution in [0.2, 0.25) is 0 Å². The molecule has 0 spiro atoms. The van der Waals surface area contributed by atoms with Crippen LogP contribution >= 0.6 is 27.3 Å². The first-order valence-corrected chi connectivity index (χ1v) is 7.09. The molecule has 0 N–H and O–H groups in total. The zero-order valence-corrected chi connectivity index (χ0v) is 13.4. The predicted molar refractivity (Wildman–Crippen MR) is 77.9 cm³/mol. The third-order valence-electron chi connectivity index (χ3n) is 2.15. The average Bonchev–Trinajstić information content (AvgIpc) is 2.69. The van der Waals surface area contributed by atoms with Gasteiger partial charge in [0.05, 0.1) is 10.5 Å². The van der Waals surface area contributed by atoms with Crippen LogP contribution in [0.1, 0.15) is 11.8 Å². The standard InChI is InChI=1S/C12H12BrF3N2OS/c1-7(17-18(2)3)10(19)6-8(12(14,15)16)11-9(13)4-5-20-11/h4-6H,1-3H3/b8-6+,17-7+. The van der Waals surface area contributed by atoms with Gasteiger partial charge in [0, 0.05) is 24.6 Å². The van der Waals surface area contributed by atoms with Crippen molar-refractivity contribution in [3.63, 3.8) is 0 Å². The summed E-state index contributed by atoms with van der Waals surface area (Å²) in [6.07, 6.45) is -4.03. The Morgan fingerprint density at radius 2 is 2.05 bits per heavy atom. The molecular weight excluding hydrogens is 357 g/mol. The molecule has 0 unspecified atom stereocenters. The number of carbonyl (C=O) groups excluding carboxylic acids is 1. The van der Waals surface area contributed by atoms with Crippen LogP contribution in [0.25, 0.3) is 5.57 Å². The molecule has 0 aliphatic rings. The fraction of sp³-hybridized carbons (Fsp3) is 0.333. The Hall–Kier alpha value is -1.15. The van der Waals surface area contributed by atoms with Crippen LogP contribution in [0.15, 0.2) is 27.1 Å². The lowest BCUT2D eigenvalue weighted by Crippen LogP contribution is -2.17. The molecule has 1 aromatic rings. The Morgan fingerprint density at radius 1 is 1.45 bits per heavy atom. The number of carbonyl (C=O) groups is 1. The second kappa shape index (κ2) is 6.53. The largest absolute Gasteiger partial charge is 0.417 e. The molecule has 110 valence electrons. The molecule has 0 saturated heterocycles. The Labute approximate surface area is 126 Å². The van der Waals surface area contributed by atoms with Crippen molar-refractivity contribution in [2.24, 2.45) is 5.10 Å². The third-order valence-corrected chi connectivity index (χ3v) is 4.02. The Kier molecular flexibility index (Phi) is 5.52. The van der Waals surface area contributed by atoms with Crippen molar-refractivity contribution in [3.05, 3.63) is 26.9 Å². The van der Waals surface area contributed by atoms with Gasteiger partial charge in [0.25, 0.3) is 0 Å². The fourth-order valence-electron chi connectivity index (χ4n) is 1.35. The number of thiophene rings is 1. The van der Waals surface area contributed by atoms with Crippen LogP contribution in [0, 0.1) is 0 Å². The molecule has 0 fully saturated rings. The van der Waals surface area contributed by atoms with Crippen LogP contribution in [-0.2, 0) is 4.79 Å². The molecular formula is C12H12BrF3N2OS. The van der Waals surface area contributed by atoms with Gasteiger partial charge in [-0.2, -0.15) is 18.3 Å². The van der Waals surface area contributed by atoms with E-state index in [4.69, 9.17) is 0 Å². The summed E-state index contributed by atoms with van der Waals surface area (Å²) in [5.41, 5.74) is -0.984. The van der Waals surface area contributed by atoms with Crippen molar-refractivity contribution in [2.75, 3.05) is 14.1 Å². The molecule has 0 aliphatic heterocycles. The SMILES string of the molecule is C/C(=N\N(C)C)C(=O)/C=C(\c1sccc1Br)C(F)(F)F. The van der Waals surface area contributed by atoms with Crippen molar-refractivity contribution in [3.8, 4) is 0 Å². The van der Waals surface area contributed by atoms with Crippen molar-refractivity contribution >= 4 is 44.3 Å². The van der Waals surface area contributed by atoms with Gasteiger partial charge in [0.1, 0.15) is 5.71 Å². The molecule has 1 heterocycles. The van der Waals surface area contributed by atoms with Gasteiger partial charge in [-0.15, -0.1) is 11.3 Å². The van der Waals surface area contributed by atoms with E-state index in [1.165, 1.54) is 23.4 Å². The van der Waals surface area contributed by atoms with Crippen LogP contribution < -0.4 is 0 Å². The number of hydrazone groups is 1. The second-order valence-corrected chi connectivity index (χ2v) is 5.82. The molecule has 0 amide bonds. The quantitative estimate of drug-likeness (QED) is 0.457. The van der Waals surface area contributed by atoms with Gasteiger partial charge in [0.2, 0.25) is 5.78 Å². The van der Waals surface area contributed by atoms with Crippen molar-refractivity contribution in [1.82, 2.24) is 5.01 Å². The van der Waals surface area contributed by atoms with E-state index in [-0.39, 0.29) is 10.6 Å². The average molecular weight is 369 g/mol. The van der Waals surface area contributed by atoms with Crippen molar-refractivity contribution in [1.29, 1.82) is 0 Å². The van der Waals surface area contributed by atoms with Gasteiger partial charge in [-0.05, 0) is 34.3 Å². The monoisotopic (exact) mass is 368 g/mol. The van der Waals surface area contributed by atoms with E-state index in [9.17, 15) is 18.0 Å². The first kappa shape index (κ1) is 16.9. The van der Waals surface area contributed by atoms with Crippen LogP contribution in [0.5, 0.6) is 0 Å². The molecule has 1 aromatic heterocycles. The van der Waals surface area contributed by atoms with Gasteiger partial charge in [0.15, 0.2) is 0 Å². The number of hydrogen-bond donors (Lipinski definition) is 0. The molecule has 8 heteroatoms. The number of hydrogen-bond acceptors (Lipinski definition) is 4. The summed E-state index contributed by atoms with van der Waals surface area (Å²) in [5, 5.41) is 6.67. The molecule has 0 radical (unpaired) electrons. The highest BCUT2D eigenvalue weighted by Gasteiger charge is 2.37. The lowest BCUT2D eigenvalue weighted by atomic mass is 10.1. The summed E-state index contributed by atoms with van der Waals surface area (Å²) in [6.45, 7) is 1.37. The first-order chi connectivity index (χ1) is 9.12. The highest BCUT2D eigenvalue weighted by molar-refractivity contribution is 9.10. The molecule has 0 saturated carbocycles. The van der Waals surface area contributed by atoms with Gasteiger partial charge in [-0.1, -0.05) is 0 Å². The summed E-state index contributed by atoms with van der Waals surface area (Å²) in [6, 6.07) is 1.50. The Bertz CT molecular complexity index is 561. The Morgan fingerprint density at radius 3 is 2.45 bits per heavy atom. The summed E-state index contributed by atoms with van der Waals surface area (Å²) in [7, 11) is 3.17. The van der Waals surface area contributed by atoms with E-state index in [0.717, 1.165) is 11.3 Å². The van der Waals surface area contributed by atoms with Crippen LogP contribution in [0.4, 0.5) is 13.2 Å². The van der Waals surface area contributed by atoms with E-state index in [1.807, 2.05) is 0 Å². The molecule has 1 rings (SSSR count). The fourth-order valence-corrected chi connectivity index (χ4v) is 2.97. The number of nitrogens with zero attached hydrogens (tertiary/aromatic N) is 2. The highest BCUT2D eigenvalue weighted by Crippen LogP contribution is 2.40. The number of halogens is 4. The number of allylic oxidation sites excluding steroid dienone is 2. The maximum absolute atomic E-state index is 13.1. The second-order valence-electron chi connectivity index (χ2n) is 4.05. The maximum Gasteiger partial charge on any atom is 0.417 e. The first-order valence-electron chi connectivity index (χ1n) is 5.42. The van der Waals surface area contributed by atoms with Crippen LogP contribution in [0.3, 0.4) is 0 Å². The van der Waals surface area contributed by atoms with Gasteiger partial charge in [-0.3, -0.25) is 4.79 Å². The Balaban J connectivity index is 3.24. The lowest BCUT2D eigenvalue weighted by Gasteiger charge is -2.11.